The number of carbonyl (C=O) groups is 2. The van der Waals surface area contributed by atoms with Crippen molar-refractivity contribution >= 4 is 18.5 Å². The second-order valence-electron chi connectivity index (χ2n) is 3.65. The molecule has 1 aromatic rings. The summed E-state index contributed by atoms with van der Waals surface area (Å²) in [6, 6.07) is 5.12. The van der Waals surface area contributed by atoms with E-state index in [-0.39, 0.29) is 12.3 Å². The fourth-order valence-corrected chi connectivity index (χ4v) is 1.54. The van der Waals surface area contributed by atoms with Crippen LogP contribution in [-0.4, -0.2) is 33.2 Å². The van der Waals surface area contributed by atoms with Crippen LogP contribution < -0.4 is 14.8 Å². The van der Waals surface area contributed by atoms with Crippen LogP contribution in [0.2, 0.25) is 0 Å². The third-order valence-electron chi connectivity index (χ3n) is 2.45. The maximum Gasteiger partial charge on any atom is 0.354 e. The lowest BCUT2D eigenvalue weighted by atomic mass is 10.1. The summed E-state index contributed by atoms with van der Waals surface area (Å²) in [5.41, 5.74) is 0.609. The zero-order valence-electron chi connectivity index (χ0n) is 11.6. The van der Waals surface area contributed by atoms with Crippen LogP contribution in [0.1, 0.15) is 12.5 Å². The van der Waals surface area contributed by atoms with Gasteiger partial charge in [-0.25, -0.2) is 4.79 Å². The van der Waals surface area contributed by atoms with Gasteiger partial charge in [0.25, 0.3) is 0 Å². The Morgan fingerprint density at radius 2 is 2.05 bits per heavy atom. The van der Waals surface area contributed by atoms with Crippen LogP contribution in [0.4, 0.5) is 0 Å². The van der Waals surface area contributed by atoms with E-state index in [4.69, 9.17) is 14.2 Å². The monoisotopic (exact) mass is 279 g/mol. The minimum absolute atomic E-state index is 0.0217. The normalized spacial score (nSPS) is 10.7. The SMILES string of the molecule is CCOC(=O)/C(=C/c1cc(OC)ccc1OC)NC=O. The zero-order valence-corrected chi connectivity index (χ0v) is 11.6. The molecule has 108 valence electrons. The van der Waals surface area contributed by atoms with Crippen molar-refractivity contribution in [2.24, 2.45) is 0 Å². The first kappa shape index (κ1) is 15.6. The lowest BCUT2D eigenvalue weighted by Gasteiger charge is -2.09. The molecule has 1 amide bonds. The summed E-state index contributed by atoms with van der Waals surface area (Å²) >= 11 is 0. The van der Waals surface area contributed by atoms with Crippen molar-refractivity contribution in [1.82, 2.24) is 5.32 Å². The molecule has 0 saturated heterocycles. The van der Waals surface area contributed by atoms with Crippen molar-refractivity contribution < 1.29 is 23.8 Å². The first-order valence-electron chi connectivity index (χ1n) is 5.97. The van der Waals surface area contributed by atoms with Gasteiger partial charge in [-0.15, -0.1) is 0 Å². The summed E-state index contributed by atoms with van der Waals surface area (Å²) in [5.74, 6) is 0.524. The first-order chi connectivity index (χ1) is 9.65. The summed E-state index contributed by atoms with van der Waals surface area (Å²) in [7, 11) is 3.04. The molecule has 0 heterocycles. The molecule has 6 nitrogen and oxygen atoms in total. The molecule has 0 saturated carbocycles. The fourth-order valence-electron chi connectivity index (χ4n) is 1.54. The molecule has 1 aromatic carbocycles. The number of esters is 1. The summed E-state index contributed by atoms with van der Waals surface area (Å²) < 4.78 is 15.2. The highest BCUT2D eigenvalue weighted by Gasteiger charge is 2.12. The molecule has 0 atom stereocenters. The van der Waals surface area contributed by atoms with Gasteiger partial charge >= 0.3 is 5.97 Å². The second-order valence-corrected chi connectivity index (χ2v) is 3.65. The topological polar surface area (TPSA) is 73.9 Å². The Balaban J connectivity index is 3.20. The van der Waals surface area contributed by atoms with Gasteiger partial charge in [-0.3, -0.25) is 4.79 Å². The van der Waals surface area contributed by atoms with Crippen LogP contribution in [-0.2, 0) is 14.3 Å². The van der Waals surface area contributed by atoms with Crippen LogP contribution in [0.25, 0.3) is 6.08 Å². The van der Waals surface area contributed by atoms with E-state index in [0.717, 1.165) is 0 Å². The first-order valence-corrected chi connectivity index (χ1v) is 5.97. The highest BCUT2D eigenvalue weighted by atomic mass is 16.5. The van der Waals surface area contributed by atoms with E-state index in [9.17, 15) is 9.59 Å². The van der Waals surface area contributed by atoms with Crippen molar-refractivity contribution in [3.63, 3.8) is 0 Å². The number of benzene rings is 1. The minimum atomic E-state index is -0.621. The van der Waals surface area contributed by atoms with E-state index in [1.165, 1.54) is 20.3 Å². The van der Waals surface area contributed by atoms with Gasteiger partial charge < -0.3 is 19.5 Å². The van der Waals surface area contributed by atoms with Crippen molar-refractivity contribution in [2.75, 3.05) is 20.8 Å². The Hall–Kier alpha value is -2.50. The molecule has 0 spiro atoms. The number of ether oxygens (including phenoxy) is 3. The van der Waals surface area contributed by atoms with Gasteiger partial charge in [-0.1, -0.05) is 0 Å². The number of hydrogen-bond donors (Lipinski definition) is 1. The second kappa shape index (κ2) is 7.83. The van der Waals surface area contributed by atoms with Crippen molar-refractivity contribution in [2.45, 2.75) is 6.92 Å². The quantitative estimate of drug-likeness (QED) is 0.463. The smallest absolute Gasteiger partial charge is 0.354 e. The molecule has 0 aliphatic carbocycles. The summed E-state index contributed by atoms with van der Waals surface area (Å²) in [4.78, 5) is 22.3. The average molecular weight is 279 g/mol. The number of rotatable bonds is 7. The standard InChI is InChI=1S/C14H17NO5/c1-4-20-14(17)12(15-9-16)8-10-7-11(18-2)5-6-13(10)19-3/h5-9H,4H2,1-3H3,(H,15,16)/b12-8-. The Morgan fingerprint density at radius 1 is 1.30 bits per heavy atom. The minimum Gasteiger partial charge on any atom is -0.497 e. The van der Waals surface area contributed by atoms with Crippen LogP contribution in [0.15, 0.2) is 23.9 Å². The van der Waals surface area contributed by atoms with Gasteiger partial charge in [0.15, 0.2) is 0 Å². The van der Waals surface area contributed by atoms with Gasteiger partial charge in [0, 0.05) is 5.56 Å². The van der Waals surface area contributed by atoms with E-state index in [1.54, 1.807) is 25.1 Å². The Labute approximate surface area is 117 Å². The molecule has 1 N–H and O–H groups in total. The third-order valence-corrected chi connectivity index (χ3v) is 2.45. The third kappa shape index (κ3) is 4.01. The largest absolute Gasteiger partial charge is 0.497 e. The van der Waals surface area contributed by atoms with Crippen molar-refractivity contribution in [3.05, 3.63) is 29.5 Å². The van der Waals surface area contributed by atoms with E-state index in [1.807, 2.05) is 0 Å². The van der Waals surface area contributed by atoms with Crippen LogP contribution in [0.3, 0.4) is 0 Å². The van der Waals surface area contributed by atoms with Crippen LogP contribution in [0.5, 0.6) is 11.5 Å². The number of carbonyl (C=O) groups excluding carboxylic acids is 2. The molecule has 0 bridgehead atoms. The molecule has 0 aliphatic rings. The van der Waals surface area contributed by atoms with Gasteiger partial charge in [-0.2, -0.15) is 0 Å². The maximum atomic E-state index is 11.7. The fraction of sp³-hybridized carbons (Fsp3) is 0.286. The van der Waals surface area contributed by atoms with E-state index >= 15 is 0 Å². The Bertz CT molecular complexity index is 510. The lowest BCUT2D eigenvalue weighted by Crippen LogP contribution is -2.21. The van der Waals surface area contributed by atoms with E-state index < -0.39 is 5.97 Å². The van der Waals surface area contributed by atoms with Gasteiger partial charge in [0.1, 0.15) is 17.2 Å². The van der Waals surface area contributed by atoms with E-state index in [2.05, 4.69) is 5.32 Å². The molecule has 0 aliphatic heterocycles. The maximum absolute atomic E-state index is 11.7. The molecular weight excluding hydrogens is 262 g/mol. The predicted molar refractivity (Wildman–Crippen MR) is 73.4 cm³/mol. The molecular formula is C14H17NO5. The summed E-state index contributed by atoms with van der Waals surface area (Å²) in [6.45, 7) is 1.90. The van der Waals surface area contributed by atoms with Gasteiger partial charge in [0.2, 0.25) is 6.41 Å². The van der Waals surface area contributed by atoms with Crippen LogP contribution in [0, 0.1) is 0 Å². The summed E-state index contributed by atoms with van der Waals surface area (Å²) in [5, 5.41) is 2.31. The molecule has 6 heteroatoms. The van der Waals surface area contributed by atoms with Crippen molar-refractivity contribution in [1.29, 1.82) is 0 Å². The number of nitrogens with one attached hydrogen (secondary N) is 1. The molecule has 0 unspecified atom stereocenters. The number of hydrogen-bond acceptors (Lipinski definition) is 5. The molecule has 20 heavy (non-hydrogen) atoms. The molecule has 0 aromatic heterocycles. The molecule has 1 rings (SSSR count). The Kier molecular flexibility index (Phi) is 6.09. The number of amides is 1. The molecule has 0 fully saturated rings. The highest BCUT2D eigenvalue weighted by Crippen LogP contribution is 2.25. The van der Waals surface area contributed by atoms with Crippen LogP contribution >= 0.6 is 0 Å². The van der Waals surface area contributed by atoms with E-state index in [0.29, 0.717) is 23.5 Å². The zero-order chi connectivity index (χ0) is 15.0. The Morgan fingerprint density at radius 3 is 2.60 bits per heavy atom. The van der Waals surface area contributed by atoms with Gasteiger partial charge in [-0.05, 0) is 31.2 Å². The summed E-state index contributed by atoms with van der Waals surface area (Å²) in [6.07, 6.45) is 1.88. The molecule has 0 radical (unpaired) electrons. The lowest BCUT2D eigenvalue weighted by molar-refractivity contribution is -0.139. The van der Waals surface area contributed by atoms with Crippen molar-refractivity contribution in [3.8, 4) is 11.5 Å². The predicted octanol–water partition coefficient (Wildman–Crippen LogP) is 1.35. The van der Waals surface area contributed by atoms with Gasteiger partial charge in [0.05, 0.1) is 20.8 Å². The average Bonchev–Trinajstić information content (AvgIpc) is 2.46. The highest BCUT2D eigenvalue weighted by molar-refractivity contribution is 5.95. The number of methoxy groups -OCH3 is 2.